The largest absolute Gasteiger partial charge is 0.465 e. The third-order valence-corrected chi connectivity index (χ3v) is 7.37. The highest BCUT2D eigenvalue weighted by atomic mass is 32.2. The topological polar surface area (TPSA) is 71.8 Å². The quantitative estimate of drug-likeness (QED) is 0.748. The Labute approximate surface area is 180 Å². The summed E-state index contributed by atoms with van der Waals surface area (Å²) >= 11 is 0. The molecule has 1 unspecified atom stereocenters. The summed E-state index contributed by atoms with van der Waals surface area (Å²) in [5.74, 6) is 1.59. The summed E-state index contributed by atoms with van der Waals surface area (Å²) in [7, 11) is -3.67. The van der Waals surface area contributed by atoms with Gasteiger partial charge >= 0.3 is 0 Å². The Balaban J connectivity index is 1.86. The van der Waals surface area contributed by atoms with Crippen LogP contribution in [0.25, 0.3) is 0 Å². The molecule has 3 rings (SSSR count). The van der Waals surface area contributed by atoms with Crippen molar-refractivity contribution in [3.63, 3.8) is 0 Å². The van der Waals surface area contributed by atoms with Gasteiger partial charge in [-0.05, 0) is 55.0 Å². The van der Waals surface area contributed by atoms with Gasteiger partial charge < -0.3 is 9.15 Å². The zero-order valence-electron chi connectivity index (χ0n) is 18.9. The van der Waals surface area contributed by atoms with Crippen LogP contribution in [0.15, 0.2) is 33.6 Å². The Bertz CT molecular complexity index is 960. The van der Waals surface area contributed by atoms with E-state index in [1.54, 1.807) is 0 Å². The van der Waals surface area contributed by atoms with E-state index in [-0.39, 0.29) is 18.0 Å². The number of morpholine rings is 1. The highest BCUT2D eigenvalue weighted by Crippen LogP contribution is 2.30. The van der Waals surface area contributed by atoms with Crippen LogP contribution in [0.1, 0.15) is 55.0 Å². The molecule has 2 heterocycles. The molecule has 1 aliphatic heterocycles. The van der Waals surface area contributed by atoms with Crippen molar-refractivity contribution >= 4 is 10.0 Å². The number of nitrogens with one attached hydrogen (secondary N) is 1. The third-order valence-electron chi connectivity index (χ3n) is 5.64. The lowest BCUT2D eigenvalue weighted by molar-refractivity contribution is 0.0127. The van der Waals surface area contributed by atoms with E-state index < -0.39 is 10.0 Å². The molecule has 0 spiro atoms. The first-order valence-electron chi connectivity index (χ1n) is 10.5. The molecular formula is C23H34N2O4S. The standard InChI is InChI=1S/C23H34N2O4S/c1-16-13-19(23(4,5)6)14-17(2)22(16)30(26,27)24-15-20(21-8-7-18(3)29-21)25-9-11-28-12-10-25/h7-8,13-14,20,24H,9-12,15H2,1-6H3. The molecule has 1 aliphatic rings. The van der Waals surface area contributed by atoms with E-state index in [9.17, 15) is 8.42 Å². The van der Waals surface area contributed by atoms with E-state index in [1.807, 2.05) is 45.0 Å². The summed E-state index contributed by atoms with van der Waals surface area (Å²) in [6, 6.07) is 7.63. The molecule has 1 atom stereocenters. The van der Waals surface area contributed by atoms with Gasteiger partial charge in [-0.25, -0.2) is 13.1 Å². The Morgan fingerprint density at radius 1 is 1.07 bits per heavy atom. The molecule has 166 valence electrons. The SMILES string of the molecule is Cc1ccc(C(CNS(=O)(=O)c2c(C)cc(C(C)(C)C)cc2C)N2CCOCC2)o1. The van der Waals surface area contributed by atoms with Crippen LogP contribution in [-0.2, 0) is 20.2 Å². The molecule has 2 aromatic rings. The van der Waals surface area contributed by atoms with Crippen LogP contribution in [0, 0.1) is 20.8 Å². The first-order chi connectivity index (χ1) is 14.0. The van der Waals surface area contributed by atoms with Crippen LogP contribution in [0.5, 0.6) is 0 Å². The third kappa shape index (κ3) is 5.14. The average molecular weight is 435 g/mol. The number of rotatable bonds is 6. The maximum absolute atomic E-state index is 13.3. The molecule has 7 heteroatoms. The summed E-state index contributed by atoms with van der Waals surface area (Å²) in [6.07, 6.45) is 0. The number of ether oxygens (including phenoxy) is 1. The highest BCUT2D eigenvalue weighted by molar-refractivity contribution is 7.89. The Kier molecular flexibility index (Phi) is 6.77. The minimum absolute atomic E-state index is 0.0379. The van der Waals surface area contributed by atoms with Gasteiger partial charge in [0.2, 0.25) is 10.0 Å². The number of aryl methyl sites for hydroxylation is 3. The maximum Gasteiger partial charge on any atom is 0.241 e. The minimum atomic E-state index is -3.67. The Morgan fingerprint density at radius 2 is 1.67 bits per heavy atom. The summed E-state index contributed by atoms with van der Waals surface area (Å²) in [5.41, 5.74) is 2.63. The smallest absolute Gasteiger partial charge is 0.241 e. The second-order valence-electron chi connectivity index (χ2n) is 9.15. The number of sulfonamides is 1. The summed E-state index contributed by atoms with van der Waals surface area (Å²) in [6.45, 7) is 15.0. The fourth-order valence-electron chi connectivity index (χ4n) is 4.00. The predicted molar refractivity (Wildman–Crippen MR) is 118 cm³/mol. The molecule has 0 radical (unpaired) electrons. The van der Waals surface area contributed by atoms with Gasteiger partial charge in [-0.15, -0.1) is 0 Å². The van der Waals surface area contributed by atoms with Gasteiger partial charge in [0.25, 0.3) is 0 Å². The molecule has 1 aromatic carbocycles. The first kappa shape index (κ1) is 23.0. The lowest BCUT2D eigenvalue weighted by atomic mass is 9.85. The van der Waals surface area contributed by atoms with Gasteiger partial charge in [0.05, 0.1) is 24.2 Å². The van der Waals surface area contributed by atoms with Crippen LogP contribution < -0.4 is 4.72 Å². The zero-order chi connectivity index (χ0) is 22.1. The van der Waals surface area contributed by atoms with Crippen LogP contribution in [-0.4, -0.2) is 46.2 Å². The maximum atomic E-state index is 13.3. The normalized spacial score (nSPS) is 17.3. The average Bonchev–Trinajstić information content (AvgIpc) is 3.07. The van der Waals surface area contributed by atoms with E-state index in [4.69, 9.17) is 9.15 Å². The van der Waals surface area contributed by atoms with Crippen LogP contribution in [0.2, 0.25) is 0 Å². The van der Waals surface area contributed by atoms with E-state index >= 15 is 0 Å². The van der Waals surface area contributed by atoms with Crippen LogP contribution >= 0.6 is 0 Å². The molecule has 30 heavy (non-hydrogen) atoms. The van der Waals surface area contributed by atoms with Gasteiger partial charge in [-0.2, -0.15) is 0 Å². The molecule has 0 bridgehead atoms. The first-order valence-corrected chi connectivity index (χ1v) is 12.0. The van der Waals surface area contributed by atoms with E-state index in [0.29, 0.717) is 18.1 Å². The lowest BCUT2D eigenvalue weighted by Crippen LogP contribution is -2.43. The molecule has 0 amide bonds. The van der Waals surface area contributed by atoms with Crippen molar-refractivity contribution in [2.24, 2.45) is 0 Å². The van der Waals surface area contributed by atoms with Crippen molar-refractivity contribution in [3.8, 4) is 0 Å². The van der Waals surface area contributed by atoms with Crippen molar-refractivity contribution in [1.82, 2.24) is 9.62 Å². The zero-order valence-corrected chi connectivity index (χ0v) is 19.7. The van der Waals surface area contributed by atoms with E-state index in [2.05, 4.69) is 30.4 Å². The van der Waals surface area contributed by atoms with Gasteiger partial charge in [-0.1, -0.05) is 32.9 Å². The molecule has 6 nitrogen and oxygen atoms in total. The second kappa shape index (κ2) is 8.83. The number of hydrogen-bond acceptors (Lipinski definition) is 5. The molecule has 0 aliphatic carbocycles. The van der Waals surface area contributed by atoms with Crippen LogP contribution in [0.3, 0.4) is 0 Å². The highest BCUT2D eigenvalue weighted by Gasteiger charge is 2.29. The van der Waals surface area contributed by atoms with E-state index in [1.165, 1.54) is 0 Å². The molecular weight excluding hydrogens is 400 g/mol. The second-order valence-corrected chi connectivity index (χ2v) is 10.9. The summed E-state index contributed by atoms with van der Waals surface area (Å²) in [4.78, 5) is 2.58. The number of benzene rings is 1. The minimum Gasteiger partial charge on any atom is -0.465 e. The van der Waals surface area contributed by atoms with Crippen LogP contribution in [0.4, 0.5) is 0 Å². The fraction of sp³-hybridized carbons (Fsp3) is 0.565. The molecule has 1 fully saturated rings. The van der Waals surface area contributed by atoms with Crippen molar-refractivity contribution in [2.45, 2.75) is 57.9 Å². The van der Waals surface area contributed by atoms with Gasteiger partial charge in [0.15, 0.2) is 0 Å². The summed E-state index contributed by atoms with van der Waals surface area (Å²) in [5, 5.41) is 0. The monoisotopic (exact) mass is 434 g/mol. The van der Waals surface area contributed by atoms with Crippen molar-refractivity contribution in [1.29, 1.82) is 0 Å². The van der Waals surface area contributed by atoms with Gasteiger partial charge in [0.1, 0.15) is 11.5 Å². The molecule has 1 aromatic heterocycles. The van der Waals surface area contributed by atoms with Crippen molar-refractivity contribution < 1.29 is 17.6 Å². The number of furan rings is 1. The predicted octanol–water partition coefficient (Wildman–Crippen LogP) is 3.85. The van der Waals surface area contributed by atoms with Crippen molar-refractivity contribution in [2.75, 3.05) is 32.8 Å². The molecule has 0 saturated carbocycles. The molecule has 1 saturated heterocycles. The summed E-state index contributed by atoms with van der Waals surface area (Å²) < 4.78 is 40.7. The fourth-order valence-corrected chi connectivity index (χ4v) is 5.49. The number of hydrogen-bond donors (Lipinski definition) is 1. The van der Waals surface area contributed by atoms with Gasteiger partial charge in [-0.3, -0.25) is 4.90 Å². The lowest BCUT2D eigenvalue weighted by Gasteiger charge is -2.33. The van der Waals surface area contributed by atoms with Crippen molar-refractivity contribution in [3.05, 3.63) is 52.5 Å². The Morgan fingerprint density at radius 3 is 2.17 bits per heavy atom. The molecule has 1 N–H and O–H groups in total. The van der Waals surface area contributed by atoms with Gasteiger partial charge in [0, 0.05) is 19.6 Å². The Hall–Kier alpha value is -1.67. The number of nitrogens with zero attached hydrogens (tertiary/aromatic N) is 1. The van der Waals surface area contributed by atoms with E-state index in [0.717, 1.165) is 41.3 Å².